The van der Waals surface area contributed by atoms with Crippen LogP contribution >= 0.6 is 22.6 Å². The van der Waals surface area contributed by atoms with Gasteiger partial charge in [-0.1, -0.05) is 0 Å². The summed E-state index contributed by atoms with van der Waals surface area (Å²) in [6, 6.07) is 2.57. The molecule has 0 saturated carbocycles. The zero-order chi connectivity index (χ0) is 21.6. The molecule has 156 valence electrons. The van der Waals surface area contributed by atoms with Gasteiger partial charge in [0.15, 0.2) is 18.1 Å². The number of halogens is 1. The van der Waals surface area contributed by atoms with Crippen molar-refractivity contribution in [3.8, 4) is 11.5 Å². The molecular weight excluding hydrogens is 499 g/mol. The molecule has 3 amide bonds. The fourth-order valence-corrected chi connectivity index (χ4v) is 3.12. The maximum Gasteiger partial charge on any atom is 0.343 e. The number of hydrogen-bond donors (Lipinski definition) is 1. The van der Waals surface area contributed by atoms with Crippen LogP contribution in [-0.2, 0) is 23.9 Å². The molecule has 11 heteroatoms. The molecule has 1 saturated heterocycles. The van der Waals surface area contributed by atoms with Gasteiger partial charge in [-0.2, -0.15) is 0 Å². The summed E-state index contributed by atoms with van der Waals surface area (Å²) in [5.41, 5.74) is 0.548. The van der Waals surface area contributed by atoms with Gasteiger partial charge in [0, 0.05) is 0 Å². The van der Waals surface area contributed by atoms with Gasteiger partial charge in [-0.15, -0.1) is 0 Å². The Morgan fingerprint density at radius 2 is 1.83 bits per heavy atom. The van der Waals surface area contributed by atoms with E-state index in [4.69, 9.17) is 9.47 Å². The van der Waals surface area contributed by atoms with Crippen LogP contribution in [0.2, 0.25) is 0 Å². The van der Waals surface area contributed by atoms with Crippen molar-refractivity contribution in [2.45, 2.75) is 6.92 Å². The number of benzene rings is 1. The zero-order valence-electron chi connectivity index (χ0n) is 15.9. The molecule has 1 heterocycles. The maximum absolute atomic E-state index is 12.4. The molecule has 29 heavy (non-hydrogen) atoms. The molecule has 0 spiro atoms. The third-order valence-electron chi connectivity index (χ3n) is 3.68. The van der Waals surface area contributed by atoms with Crippen LogP contribution in [0, 0.1) is 3.57 Å². The highest BCUT2D eigenvalue weighted by Crippen LogP contribution is 2.35. The Labute approximate surface area is 180 Å². The molecule has 0 aromatic heterocycles. The maximum atomic E-state index is 12.4. The van der Waals surface area contributed by atoms with E-state index in [1.54, 1.807) is 19.1 Å². The Morgan fingerprint density at radius 1 is 1.14 bits per heavy atom. The van der Waals surface area contributed by atoms with E-state index in [-0.39, 0.29) is 12.3 Å². The van der Waals surface area contributed by atoms with Gasteiger partial charge < -0.3 is 24.3 Å². The number of nitrogens with zero attached hydrogens (tertiary/aromatic N) is 1. The second kappa shape index (κ2) is 10.1. The number of amides is 3. The van der Waals surface area contributed by atoms with Crippen LogP contribution in [0.1, 0.15) is 12.5 Å². The highest BCUT2D eigenvalue weighted by atomic mass is 127. The monoisotopic (exact) mass is 518 g/mol. The van der Waals surface area contributed by atoms with E-state index >= 15 is 0 Å². The molecular formula is C18H19IN2O8. The first-order chi connectivity index (χ1) is 13.8. The van der Waals surface area contributed by atoms with E-state index in [0.717, 1.165) is 4.90 Å². The molecule has 0 unspecified atom stereocenters. The van der Waals surface area contributed by atoms with Crippen molar-refractivity contribution in [3.63, 3.8) is 0 Å². The Bertz CT molecular complexity index is 868. The number of ether oxygens (including phenoxy) is 4. The van der Waals surface area contributed by atoms with E-state index in [0.29, 0.717) is 27.2 Å². The summed E-state index contributed by atoms with van der Waals surface area (Å²) >= 11 is 2.00. The minimum Gasteiger partial charge on any atom is -0.490 e. The third kappa shape index (κ3) is 5.59. The lowest BCUT2D eigenvalue weighted by molar-refractivity contribution is -0.144. The molecule has 0 radical (unpaired) electrons. The molecule has 0 aliphatic carbocycles. The number of rotatable bonds is 8. The number of imide groups is 1. The standard InChI is InChI=1S/C18H19IN2O8/c1-4-28-13-7-10(5-11(19)16(13)29-9-15(23)27-3)6-12-17(24)21(18(25)20-12)8-14(22)26-2/h5-7H,4,8-9H2,1-3H3,(H,20,25)/b12-6+. The van der Waals surface area contributed by atoms with Crippen molar-refractivity contribution in [3.05, 3.63) is 27.0 Å². The van der Waals surface area contributed by atoms with Crippen LogP contribution in [-0.4, -0.2) is 62.8 Å². The number of nitrogens with one attached hydrogen (secondary N) is 1. The predicted molar refractivity (Wildman–Crippen MR) is 108 cm³/mol. The van der Waals surface area contributed by atoms with Gasteiger partial charge in [-0.3, -0.25) is 9.59 Å². The van der Waals surface area contributed by atoms with Gasteiger partial charge in [0.2, 0.25) is 0 Å². The minimum atomic E-state index is -0.718. The SMILES string of the molecule is CCOc1cc(/C=C2/NC(=O)N(CC(=O)OC)C2=O)cc(I)c1OCC(=O)OC. The van der Waals surface area contributed by atoms with Crippen LogP contribution in [0.15, 0.2) is 17.8 Å². The number of urea groups is 1. The lowest BCUT2D eigenvalue weighted by atomic mass is 10.1. The van der Waals surface area contributed by atoms with Crippen LogP contribution in [0.5, 0.6) is 11.5 Å². The lowest BCUT2D eigenvalue weighted by Crippen LogP contribution is -2.36. The number of carbonyl (C=O) groups excluding carboxylic acids is 4. The summed E-state index contributed by atoms with van der Waals surface area (Å²) in [5, 5.41) is 2.42. The van der Waals surface area contributed by atoms with Crippen LogP contribution in [0.4, 0.5) is 4.79 Å². The Balaban J connectivity index is 2.30. The first kappa shape index (κ1) is 22.5. The second-order valence-corrected chi connectivity index (χ2v) is 6.75. The molecule has 1 aromatic rings. The van der Waals surface area contributed by atoms with Gasteiger partial charge in [0.25, 0.3) is 5.91 Å². The molecule has 1 aromatic carbocycles. The number of carbonyl (C=O) groups is 4. The summed E-state index contributed by atoms with van der Waals surface area (Å²) in [7, 11) is 2.42. The van der Waals surface area contributed by atoms with Crippen molar-refractivity contribution < 1.29 is 38.1 Å². The van der Waals surface area contributed by atoms with Gasteiger partial charge in [0.1, 0.15) is 12.2 Å². The lowest BCUT2D eigenvalue weighted by Gasteiger charge is -2.14. The largest absolute Gasteiger partial charge is 0.490 e. The topological polar surface area (TPSA) is 120 Å². The average molecular weight is 518 g/mol. The normalized spacial score (nSPS) is 14.6. The first-order valence-corrected chi connectivity index (χ1v) is 9.45. The third-order valence-corrected chi connectivity index (χ3v) is 4.48. The fraction of sp³-hybridized carbons (Fsp3) is 0.333. The fourth-order valence-electron chi connectivity index (χ4n) is 2.34. The molecule has 10 nitrogen and oxygen atoms in total. The molecule has 0 bridgehead atoms. The molecule has 1 fully saturated rings. The summed E-state index contributed by atoms with van der Waals surface area (Å²) in [6.07, 6.45) is 1.45. The molecule has 1 aliphatic heterocycles. The van der Waals surface area contributed by atoms with E-state index in [9.17, 15) is 19.2 Å². The van der Waals surface area contributed by atoms with Crippen LogP contribution < -0.4 is 14.8 Å². The molecule has 0 atom stereocenters. The van der Waals surface area contributed by atoms with Crippen molar-refractivity contribution in [1.29, 1.82) is 0 Å². The quantitative estimate of drug-likeness (QED) is 0.237. The Hall–Kier alpha value is -2.83. The highest BCUT2D eigenvalue weighted by molar-refractivity contribution is 14.1. The van der Waals surface area contributed by atoms with Gasteiger partial charge in [-0.05, 0) is 53.3 Å². The Kier molecular flexibility index (Phi) is 7.82. The second-order valence-electron chi connectivity index (χ2n) is 5.58. The predicted octanol–water partition coefficient (Wildman–Crippen LogP) is 1.31. The molecule has 1 aliphatic rings. The van der Waals surface area contributed by atoms with E-state index in [1.165, 1.54) is 20.3 Å². The van der Waals surface area contributed by atoms with Crippen molar-refractivity contribution in [2.75, 3.05) is 34.0 Å². The van der Waals surface area contributed by atoms with Crippen molar-refractivity contribution in [2.24, 2.45) is 0 Å². The first-order valence-electron chi connectivity index (χ1n) is 8.38. The van der Waals surface area contributed by atoms with E-state index < -0.39 is 30.4 Å². The Morgan fingerprint density at radius 3 is 2.45 bits per heavy atom. The van der Waals surface area contributed by atoms with E-state index in [2.05, 4.69) is 14.8 Å². The van der Waals surface area contributed by atoms with Gasteiger partial charge in [-0.25, -0.2) is 14.5 Å². The van der Waals surface area contributed by atoms with Gasteiger partial charge in [0.05, 0.1) is 24.4 Å². The summed E-state index contributed by atoms with van der Waals surface area (Å²) in [5.74, 6) is -1.19. The molecule has 1 N–H and O–H groups in total. The van der Waals surface area contributed by atoms with Crippen molar-refractivity contribution in [1.82, 2.24) is 10.2 Å². The summed E-state index contributed by atoms with van der Waals surface area (Å²) < 4.78 is 20.7. The highest BCUT2D eigenvalue weighted by Gasteiger charge is 2.35. The van der Waals surface area contributed by atoms with Crippen LogP contribution in [0.3, 0.4) is 0 Å². The van der Waals surface area contributed by atoms with Gasteiger partial charge >= 0.3 is 18.0 Å². The number of methoxy groups -OCH3 is 2. The van der Waals surface area contributed by atoms with E-state index in [1.807, 2.05) is 22.6 Å². The zero-order valence-corrected chi connectivity index (χ0v) is 18.1. The number of esters is 2. The average Bonchev–Trinajstić information content (AvgIpc) is 2.94. The summed E-state index contributed by atoms with van der Waals surface area (Å²) in [4.78, 5) is 47.8. The smallest absolute Gasteiger partial charge is 0.343 e. The summed E-state index contributed by atoms with van der Waals surface area (Å²) in [6.45, 7) is 1.35. The molecule has 2 rings (SSSR count). The number of hydrogen-bond acceptors (Lipinski definition) is 8. The van der Waals surface area contributed by atoms with Crippen molar-refractivity contribution >= 4 is 52.5 Å². The van der Waals surface area contributed by atoms with Crippen LogP contribution in [0.25, 0.3) is 6.08 Å². The minimum absolute atomic E-state index is 0.000352.